The number of ether oxygens (including phenoxy) is 1. The van der Waals surface area contributed by atoms with Gasteiger partial charge in [-0.25, -0.2) is 9.78 Å². The molecule has 0 radical (unpaired) electrons. The van der Waals surface area contributed by atoms with Crippen molar-refractivity contribution in [3.8, 4) is 0 Å². The maximum atomic E-state index is 12.7. The first-order chi connectivity index (χ1) is 12.0. The lowest BCUT2D eigenvalue weighted by Gasteiger charge is -2.40. The normalized spacial score (nSPS) is 25.9. The first-order valence-electron chi connectivity index (χ1n) is 8.84. The number of hydrogen-bond acceptors (Lipinski definition) is 4. The molecule has 8 heteroatoms. The second-order valence-electron chi connectivity index (χ2n) is 8.01. The standard InChI is InChI=1S/C18H24F3N3O2/c1-17(2,3)26-16(25)23-12-8-13-5-6-14(9-12)24(13)15-7-4-11(10-22-15)18(19,20)21/h4,7,10,12-14H,5-6,8-9H2,1-3H3,(H,23,25)/t12?,13-,14+. The summed E-state index contributed by atoms with van der Waals surface area (Å²) in [5, 5.41) is 2.92. The number of anilines is 1. The number of carbonyl (C=O) groups is 1. The van der Waals surface area contributed by atoms with Crippen LogP contribution in [0.25, 0.3) is 0 Å². The van der Waals surface area contributed by atoms with Crippen LogP contribution in [0.2, 0.25) is 0 Å². The highest BCUT2D eigenvalue weighted by Crippen LogP contribution is 2.39. The van der Waals surface area contributed by atoms with E-state index in [4.69, 9.17) is 4.74 Å². The number of nitrogens with one attached hydrogen (secondary N) is 1. The van der Waals surface area contributed by atoms with Crippen LogP contribution in [0, 0.1) is 0 Å². The molecular weight excluding hydrogens is 347 g/mol. The van der Waals surface area contributed by atoms with Gasteiger partial charge in [0.1, 0.15) is 11.4 Å². The Hall–Kier alpha value is -1.99. The van der Waals surface area contributed by atoms with Crippen LogP contribution >= 0.6 is 0 Å². The molecule has 1 N–H and O–H groups in total. The molecule has 0 saturated carbocycles. The Morgan fingerprint density at radius 2 is 1.81 bits per heavy atom. The molecule has 2 saturated heterocycles. The lowest BCUT2D eigenvalue weighted by atomic mass is 9.97. The summed E-state index contributed by atoms with van der Waals surface area (Å²) in [7, 11) is 0. The minimum absolute atomic E-state index is 0.00745. The predicted molar refractivity (Wildman–Crippen MR) is 90.9 cm³/mol. The molecule has 3 atom stereocenters. The van der Waals surface area contributed by atoms with Gasteiger partial charge in [0.15, 0.2) is 0 Å². The molecule has 3 rings (SSSR count). The van der Waals surface area contributed by atoms with E-state index in [9.17, 15) is 18.0 Å². The number of aromatic nitrogens is 1. The van der Waals surface area contributed by atoms with Crippen LogP contribution in [-0.4, -0.2) is 34.8 Å². The van der Waals surface area contributed by atoms with Crippen LogP contribution in [0.1, 0.15) is 52.0 Å². The van der Waals surface area contributed by atoms with Gasteiger partial charge in [0.05, 0.1) is 5.56 Å². The Morgan fingerprint density at radius 3 is 2.27 bits per heavy atom. The van der Waals surface area contributed by atoms with Gasteiger partial charge in [-0.3, -0.25) is 0 Å². The number of fused-ring (bicyclic) bond motifs is 2. The summed E-state index contributed by atoms with van der Waals surface area (Å²) in [4.78, 5) is 18.1. The molecule has 3 heterocycles. The Bertz CT molecular complexity index is 641. The molecule has 2 fully saturated rings. The molecule has 2 aliphatic rings. The molecule has 144 valence electrons. The average Bonchev–Trinajstić information content (AvgIpc) is 2.76. The van der Waals surface area contributed by atoms with Gasteiger partial charge in [-0.05, 0) is 58.6 Å². The number of alkyl carbamates (subject to hydrolysis) is 1. The van der Waals surface area contributed by atoms with E-state index in [0.29, 0.717) is 5.82 Å². The van der Waals surface area contributed by atoms with Crippen molar-refractivity contribution < 1.29 is 22.7 Å². The maximum Gasteiger partial charge on any atom is 0.417 e. The molecule has 0 aliphatic carbocycles. The van der Waals surface area contributed by atoms with E-state index < -0.39 is 23.4 Å². The number of alkyl halides is 3. The smallest absolute Gasteiger partial charge is 0.417 e. The molecule has 1 unspecified atom stereocenters. The molecule has 26 heavy (non-hydrogen) atoms. The molecule has 1 aromatic rings. The third-order valence-electron chi connectivity index (χ3n) is 4.79. The number of hydrogen-bond donors (Lipinski definition) is 1. The van der Waals surface area contributed by atoms with Crippen molar-refractivity contribution in [1.29, 1.82) is 0 Å². The minimum Gasteiger partial charge on any atom is -0.444 e. The zero-order valence-corrected chi connectivity index (χ0v) is 15.1. The number of piperidine rings is 1. The second-order valence-corrected chi connectivity index (χ2v) is 8.01. The third kappa shape index (κ3) is 4.22. The van der Waals surface area contributed by atoms with Crippen molar-refractivity contribution in [3.05, 3.63) is 23.9 Å². The quantitative estimate of drug-likeness (QED) is 0.850. The Morgan fingerprint density at radius 1 is 1.19 bits per heavy atom. The zero-order chi connectivity index (χ0) is 19.1. The summed E-state index contributed by atoms with van der Waals surface area (Å²) in [5.74, 6) is 0.571. The van der Waals surface area contributed by atoms with Crippen molar-refractivity contribution >= 4 is 11.9 Å². The largest absolute Gasteiger partial charge is 0.444 e. The summed E-state index contributed by atoms with van der Waals surface area (Å²) >= 11 is 0. The topological polar surface area (TPSA) is 54.5 Å². The predicted octanol–water partition coefficient (Wildman–Crippen LogP) is 4.12. The molecule has 0 aromatic carbocycles. The Labute approximate surface area is 150 Å². The number of amides is 1. The molecule has 2 bridgehead atoms. The van der Waals surface area contributed by atoms with Gasteiger partial charge in [-0.1, -0.05) is 0 Å². The maximum absolute atomic E-state index is 12.7. The molecule has 1 aromatic heterocycles. The highest BCUT2D eigenvalue weighted by molar-refractivity contribution is 5.68. The van der Waals surface area contributed by atoms with Crippen molar-refractivity contribution in [2.75, 3.05) is 4.90 Å². The van der Waals surface area contributed by atoms with E-state index in [2.05, 4.69) is 15.2 Å². The lowest BCUT2D eigenvalue weighted by molar-refractivity contribution is -0.137. The van der Waals surface area contributed by atoms with Crippen molar-refractivity contribution in [2.45, 2.75) is 76.4 Å². The highest BCUT2D eigenvalue weighted by Gasteiger charge is 2.42. The zero-order valence-electron chi connectivity index (χ0n) is 15.1. The number of carbonyl (C=O) groups excluding carboxylic acids is 1. The van der Waals surface area contributed by atoms with Crippen LogP contribution in [0.3, 0.4) is 0 Å². The van der Waals surface area contributed by atoms with E-state index >= 15 is 0 Å². The number of pyridine rings is 1. The molecular formula is C18H24F3N3O2. The first-order valence-corrected chi connectivity index (χ1v) is 8.84. The fraction of sp³-hybridized carbons (Fsp3) is 0.667. The second kappa shape index (κ2) is 6.63. The van der Waals surface area contributed by atoms with E-state index in [1.165, 1.54) is 6.07 Å². The summed E-state index contributed by atoms with van der Waals surface area (Å²) in [6.07, 6.45) is -0.561. The highest BCUT2D eigenvalue weighted by atomic mass is 19.4. The number of nitrogens with zero attached hydrogens (tertiary/aromatic N) is 2. The van der Waals surface area contributed by atoms with Crippen LogP contribution in [0.4, 0.5) is 23.8 Å². The fourth-order valence-corrected chi connectivity index (χ4v) is 3.85. The summed E-state index contributed by atoms with van der Waals surface area (Å²) in [6, 6.07) is 2.85. The Balaban J connectivity index is 1.65. The first kappa shape index (κ1) is 18.8. The number of rotatable bonds is 2. The Kier molecular flexibility index (Phi) is 4.79. The van der Waals surface area contributed by atoms with Gasteiger partial charge in [-0.15, -0.1) is 0 Å². The van der Waals surface area contributed by atoms with E-state index in [-0.39, 0.29) is 18.1 Å². The number of halogens is 3. The van der Waals surface area contributed by atoms with Gasteiger partial charge in [-0.2, -0.15) is 13.2 Å². The minimum atomic E-state index is -4.38. The summed E-state index contributed by atoms with van der Waals surface area (Å²) in [5.41, 5.74) is -1.29. The molecule has 0 spiro atoms. The molecule has 1 amide bonds. The SMILES string of the molecule is CC(C)(C)OC(=O)NC1C[C@H]2CC[C@@H](C1)N2c1ccc(C(F)(F)F)cn1. The van der Waals surface area contributed by atoms with E-state index in [1.54, 1.807) is 0 Å². The summed E-state index contributed by atoms with van der Waals surface area (Å²) < 4.78 is 43.4. The average molecular weight is 371 g/mol. The van der Waals surface area contributed by atoms with Crippen LogP contribution in [-0.2, 0) is 10.9 Å². The van der Waals surface area contributed by atoms with E-state index in [1.807, 2.05) is 20.8 Å². The lowest BCUT2D eigenvalue weighted by Crippen LogP contribution is -2.51. The van der Waals surface area contributed by atoms with Crippen molar-refractivity contribution in [1.82, 2.24) is 10.3 Å². The van der Waals surface area contributed by atoms with Crippen molar-refractivity contribution in [2.24, 2.45) is 0 Å². The van der Waals surface area contributed by atoms with Gasteiger partial charge in [0, 0.05) is 24.3 Å². The molecule has 2 aliphatic heterocycles. The molecule has 5 nitrogen and oxygen atoms in total. The van der Waals surface area contributed by atoms with Gasteiger partial charge in [0.25, 0.3) is 0 Å². The fourth-order valence-electron chi connectivity index (χ4n) is 3.85. The van der Waals surface area contributed by atoms with Crippen LogP contribution in [0.15, 0.2) is 18.3 Å². The van der Waals surface area contributed by atoms with Gasteiger partial charge in [0.2, 0.25) is 0 Å². The third-order valence-corrected chi connectivity index (χ3v) is 4.79. The van der Waals surface area contributed by atoms with Crippen molar-refractivity contribution in [3.63, 3.8) is 0 Å². The van der Waals surface area contributed by atoms with Crippen LogP contribution in [0.5, 0.6) is 0 Å². The van der Waals surface area contributed by atoms with Gasteiger partial charge < -0.3 is 15.0 Å². The van der Waals surface area contributed by atoms with Crippen LogP contribution < -0.4 is 10.2 Å². The van der Waals surface area contributed by atoms with E-state index in [0.717, 1.165) is 37.9 Å². The van der Waals surface area contributed by atoms with Gasteiger partial charge >= 0.3 is 12.3 Å². The summed E-state index contributed by atoms with van der Waals surface area (Å²) in [6.45, 7) is 5.44. The monoisotopic (exact) mass is 371 g/mol.